The van der Waals surface area contributed by atoms with Gasteiger partial charge in [0.2, 0.25) is 11.8 Å². The smallest absolute Gasteiger partial charge is 0.273 e. The summed E-state index contributed by atoms with van der Waals surface area (Å²) in [6, 6.07) is 11.0. The highest BCUT2D eigenvalue weighted by Gasteiger charge is 2.23. The number of anilines is 2. The molecule has 8 heteroatoms. The van der Waals surface area contributed by atoms with Crippen molar-refractivity contribution in [1.82, 2.24) is 9.88 Å². The van der Waals surface area contributed by atoms with E-state index in [0.29, 0.717) is 5.69 Å². The number of carbonyl (C=O) groups excluding carboxylic acids is 1. The van der Waals surface area contributed by atoms with Crippen LogP contribution in [-0.2, 0) is 6.54 Å². The summed E-state index contributed by atoms with van der Waals surface area (Å²) < 4.78 is 33.6. The van der Waals surface area contributed by atoms with E-state index >= 15 is 0 Å². The molecule has 1 aliphatic heterocycles. The van der Waals surface area contributed by atoms with E-state index in [1.165, 1.54) is 30.9 Å². The van der Waals surface area contributed by atoms with Crippen LogP contribution in [-0.4, -0.2) is 28.9 Å². The van der Waals surface area contributed by atoms with Gasteiger partial charge >= 0.3 is 0 Å². The second kappa shape index (κ2) is 8.62. The zero-order valence-electron chi connectivity index (χ0n) is 16.3. The zero-order valence-corrected chi connectivity index (χ0v) is 16.3. The molecule has 0 aliphatic carbocycles. The molecule has 0 unspecified atom stereocenters. The van der Waals surface area contributed by atoms with Crippen LogP contribution < -0.4 is 11.1 Å². The second-order valence-corrected chi connectivity index (χ2v) is 7.32. The maximum absolute atomic E-state index is 14.1. The van der Waals surface area contributed by atoms with Crippen LogP contribution in [0.1, 0.15) is 35.3 Å². The normalized spacial score (nSPS) is 14.6. The summed E-state index contributed by atoms with van der Waals surface area (Å²) >= 11 is 0. The van der Waals surface area contributed by atoms with Gasteiger partial charge in [0.05, 0.1) is 0 Å². The van der Waals surface area contributed by atoms with Crippen molar-refractivity contribution in [2.24, 2.45) is 5.73 Å². The second-order valence-electron chi connectivity index (χ2n) is 7.32. The fourth-order valence-corrected chi connectivity index (χ4v) is 3.58. The minimum atomic E-state index is -0.869. The lowest BCUT2D eigenvalue weighted by Gasteiger charge is -2.26. The first-order chi connectivity index (χ1) is 14.5. The first-order valence-corrected chi connectivity index (χ1v) is 9.84. The third kappa shape index (κ3) is 4.33. The molecule has 156 valence electrons. The summed E-state index contributed by atoms with van der Waals surface area (Å²) in [6.07, 6.45) is 3.75. The predicted octanol–water partition coefficient (Wildman–Crippen LogP) is 4.45. The Morgan fingerprint density at radius 3 is 2.37 bits per heavy atom. The molecule has 0 atom stereocenters. The van der Waals surface area contributed by atoms with Crippen LogP contribution in [0.25, 0.3) is 11.5 Å². The summed E-state index contributed by atoms with van der Waals surface area (Å²) in [6.45, 7) is 3.09. The van der Waals surface area contributed by atoms with Crippen LogP contribution in [0.2, 0.25) is 0 Å². The van der Waals surface area contributed by atoms with Crippen LogP contribution in [0, 0.1) is 11.6 Å². The molecule has 1 aromatic heterocycles. The van der Waals surface area contributed by atoms with E-state index < -0.39 is 23.1 Å². The Kier molecular flexibility index (Phi) is 5.76. The summed E-state index contributed by atoms with van der Waals surface area (Å²) in [5, 5.41) is 2.93. The van der Waals surface area contributed by atoms with Crippen molar-refractivity contribution in [1.29, 1.82) is 0 Å². The van der Waals surface area contributed by atoms with E-state index in [1.54, 1.807) is 0 Å². The minimum Gasteiger partial charge on any atom is -0.419 e. The van der Waals surface area contributed by atoms with Crippen molar-refractivity contribution >= 4 is 17.5 Å². The fraction of sp³-hybridized carbons (Fsp3) is 0.273. The van der Waals surface area contributed by atoms with Gasteiger partial charge in [-0.05, 0) is 55.8 Å². The lowest BCUT2D eigenvalue weighted by molar-refractivity contribution is 0.0996. The zero-order chi connectivity index (χ0) is 21.1. The Labute approximate surface area is 172 Å². The number of nitrogens with two attached hydrogens (primary N) is 1. The SMILES string of the molecule is NC(=O)c1nc(-c2c(F)cccc2F)oc1Nc1ccc(CN2CCCCC2)cc1. The number of carbonyl (C=O) groups is 1. The third-order valence-electron chi connectivity index (χ3n) is 5.10. The van der Waals surface area contributed by atoms with Gasteiger partial charge in [-0.2, -0.15) is 0 Å². The number of hydrogen-bond donors (Lipinski definition) is 2. The van der Waals surface area contributed by atoms with Gasteiger partial charge < -0.3 is 15.5 Å². The number of rotatable bonds is 6. The summed E-state index contributed by atoms with van der Waals surface area (Å²) in [7, 11) is 0. The third-order valence-corrected chi connectivity index (χ3v) is 5.10. The number of hydrogen-bond acceptors (Lipinski definition) is 5. The summed E-state index contributed by atoms with van der Waals surface area (Å²) in [4.78, 5) is 18.1. The van der Waals surface area contributed by atoms with Gasteiger partial charge in [0.1, 0.15) is 17.2 Å². The van der Waals surface area contributed by atoms with E-state index in [9.17, 15) is 13.6 Å². The number of piperidine rings is 1. The van der Waals surface area contributed by atoms with E-state index in [2.05, 4.69) is 15.2 Å². The number of aromatic nitrogens is 1. The van der Waals surface area contributed by atoms with Gasteiger partial charge in [0, 0.05) is 12.2 Å². The maximum atomic E-state index is 14.1. The van der Waals surface area contributed by atoms with Gasteiger partial charge in [-0.1, -0.05) is 24.6 Å². The highest BCUT2D eigenvalue weighted by molar-refractivity contribution is 5.96. The first kappa shape index (κ1) is 20.0. The molecule has 0 spiro atoms. The number of nitrogens with one attached hydrogen (secondary N) is 1. The first-order valence-electron chi connectivity index (χ1n) is 9.84. The van der Waals surface area contributed by atoms with E-state index in [1.807, 2.05) is 24.3 Å². The molecule has 0 saturated carbocycles. The topological polar surface area (TPSA) is 84.4 Å². The highest BCUT2D eigenvalue weighted by atomic mass is 19.1. The molecule has 1 aliphatic rings. The number of oxazole rings is 1. The number of halogens is 2. The Bertz CT molecular complexity index is 1020. The average Bonchev–Trinajstić information content (AvgIpc) is 3.14. The van der Waals surface area contributed by atoms with Crippen LogP contribution in [0.5, 0.6) is 0 Å². The van der Waals surface area contributed by atoms with Gasteiger partial charge in [-0.25, -0.2) is 13.8 Å². The van der Waals surface area contributed by atoms with Gasteiger partial charge in [0.25, 0.3) is 5.91 Å². The largest absolute Gasteiger partial charge is 0.419 e. The minimum absolute atomic E-state index is 0.0658. The molecule has 1 amide bonds. The van der Waals surface area contributed by atoms with Crippen molar-refractivity contribution < 1.29 is 18.0 Å². The molecule has 2 heterocycles. The van der Waals surface area contributed by atoms with Crippen molar-refractivity contribution in [3.05, 3.63) is 65.4 Å². The average molecular weight is 412 g/mol. The quantitative estimate of drug-likeness (QED) is 0.625. The molecule has 0 bridgehead atoms. The van der Waals surface area contributed by atoms with Crippen LogP contribution in [0.3, 0.4) is 0 Å². The lowest BCUT2D eigenvalue weighted by atomic mass is 10.1. The number of likely N-dealkylation sites (tertiary alicyclic amines) is 1. The van der Waals surface area contributed by atoms with Crippen molar-refractivity contribution in [3.63, 3.8) is 0 Å². The van der Waals surface area contributed by atoms with Crippen molar-refractivity contribution in [2.45, 2.75) is 25.8 Å². The maximum Gasteiger partial charge on any atom is 0.273 e. The standard InChI is InChI=1S/C22H22F2N4O2/c23-16-5-4-6-17(24)18(16)21-27-19(20(25)29)22(30-21)26-15-9-7-14(8-10-15)13-28-11-2-1-3-12-28/h4-10,26H,1-3,11-13H2,(H2,25,29). The van der Waals surface area contributed by atoms with Crippen LogP contribution in [0.4, 0.5) is 20.4 Å². The van der Waals surface area contributed by atoms with Crippen molar-refractivity contribution in [3.8, 4) is 11.5 Å². The molecule has 30 heavy (non-hydrogen) atoms. The molecule has 2 aromatic carbocycles. The molecule has 3 N–H and O–H groups in total. The molecule has 3 aromatic rings. The molecule has 6 nitrogen and oxygen atoms in total. The van der Waals surface area contributed by atoms with Crippen LogP contribution in [0.15, 0.2) is 46.9 Å². The highest BCUT2D eigenvalue weighted by Crippen LogP contribution is 2.31. The number of amides is 1. The van der Waals surface area contributed by atoms with Crippen LogP contribution >= 0.6 is 0 Å². The number of benzene rings is 2. The Morgan fingerprint density at radius 1 is 1.07 bits per heavy atom. The van der Waals surface area contributed by atoms with Crippen molar-refractivity contribution in [2.75, 3.05) is 18.4 Å². The fourth-order valence-electron chi connectivity index (χ4n) is 3.58. The Hall–Kier alpha value is -3.26. The summed E-state index contributed by atoms with van der Waals surface area (Å²) in [5.74, 6) is -2.99. The molecule has 0 radical (unpaired) electrons. The molecule has 4 rings (SSSR count). The molecular weight excluding hydrogens is 390 g/mol. The molecule has 1 saturated heterocycles. The number of primary amides is 1. The lowest BCUT2D eigenvalue weighted by Crippen LogP contribution is -2.29. The molecular formula is C22H22F2N4O2. The molecule has 1 fully saturated rings. The van der Waals surface area contributed by atoms with E-state index in [-0.39, 0.29) is 17.5 Å². The van der Waals surface area contributed by atoms with Gasteiger partial charge in [0.15, 0.2) is 5.69 Å². The Morgan fingerprint density at radius 2 is 1.73 bits per heavy atom. The van der Waals surface area contributed by atoms with E-state index in [0.717, 1.165) is 31.8 Å². The van der Waals surface area contributed by atoms with Gasteiger partial charge in [-0.15, -0.1) is 0 Å². The van der Waals surface area contributed by atoms with Gasteiger partial charge in [-0.3, -0.25) is 9.69 Å². The number of nitrogens with zero attached hydrogens (tertiary/aromatic N) is 2. The van der Waals surface area contributed by atoms with E-state index in [4.69, 9.17) is 10.2 Å². The predicted molar refractivity (Wildman–Crippen MR) is 109 cm³/mol. The monoisotopic (exact) mass is 412 g/mol. The summed E-state index contributed by atoms with van der Waals surface area (Å²) in [5.41, 5.74) is 6.49. The Balaban J connectivity index is 1.55.